The van der Waals surface area contributed by atoms with Crippen LogP contribution in [0.15, 0.2) is 18.2 Å². The summed E-state index contributed by atoms with van der Waals surface area (Å²) < 4.78 is 16.0. The van der Waals surface area contributed by atoms with Gasteiger partial charge in [0.25, 0.3) is 11.8 Å². The molecule has 1 atom stereocenters. The molecule has 0 unspecified atom stereocenters. The standard InChI is InChI=1S/C18H24N2O5/c1-23-16-8-13(2-5-15(16)25-11-17(19)21)18(22)20(14-3-4-14)9-12-6-7-24-10-12/h2,5,8,12,14H,3-4,6-7,9-11H2,1H3,(H2,19,21)/t12-/m1/s1. The summed E-state index contributed by atoms with van der Waals surface area (Å²) in [4.78, 5) is 25.8. The van der Waals surface area contributed by atoms with E-state index in [4.69, 9.17) is 19.9 Å². The van der Waals surface area contributed by atoms with Gasteiger partial charge in [0.1, 0.15) is 0 Å². The molecule has 2 amide bonds. The fraction of sp³-hybridized carbons (Fsp3) is 0.556. The molecule has 25 heavy (non-hydrogen) atoms. The largest absolute Gasteiger partial charge is 0.493 e. The predicted octanol–water partition coefficient (Wildman–Crippen LogP) is 1.20. The van der Waals surface area contributed by atoms with Crippen LogP contribution in [0.2, 0.25) is 0 Å². The molecule has 0 aromatic heterocycles. The lowest BCUT2D eigenvalue weighted by molar-refractivity contribution is -0.119. The van der Waals surface area contributed by atoms with Crippen molar-refractivity contribution < 1.29 is 23.8 Å². The molecule has 1 heterocycles. The Labute approximate surface area is 147 Å². The van der Waals surface area contributed by atoms with E-state index in [-0.39, 0.29) is 12.5 Å². The Morgan fingerprint density at radius 2 is 2.08 bits per heavy atom. The Morgan fingerprint density at radius 1 is 1.28 bits per heavy atom. The van der Waals surface area contributed by atoms with Crippen LogP contribution >= 0.6 is 0 Å². The summed E-state index contributed by atoms with van der Waals surface area (Å²) in [6.07, 6.45) is 3.10. The van der Waals surface area contributed by atoms with Crippen molar-refractivity contribution in [2.24, 2.45) is 11.7 Å². The van der Waals surface area contributed by atoms with Gasteiger partial charge in [-0.3, -0.25) is 9.59 Å². The van der Waals surface area contributed by atoms with Gasteiger partial charge in [0.15, 0.2) is 18.1 Å². The molecule has 0 bridgehead atoms. The number of nitrogens with two attached hydrogens (primary N) is 1. The molecule has 1 aliphatic carbocycles. The normalized spacial score (nSPS) is 19.5. The fourth-order valence-electron chi connectivity index (χ4n) is 3.02. The van der Waals surface area contributed by atoms with Crippen molar-refractivity contribution in [3.63, 3.8) is 0 Å². The van der Waals surface area contributed by atoms with Crippen molar-refractivity contribution in [3.8, 4) is 11.5 Å². The van der Waals surface area contributed by atoms with Crippen molar-refractivity contribution in [2.75, 3.05) is 33.5 Å². The van der Waals surface area contributed by atoms with Crippen molar-refractivity contribution >= 4 is 11.8 Å². The van der Waals surface area contributed by atoms with Gasteiger partial charge in [-0.05, 0) is 37.5 Å². The van der Waals surface area contributed by atoms with E-state index in [1.54, 1.807) is 18.2 Å². The van der Waals surface area contributed by atoms with Gasteiger partial charge < -0.3 is 24.8 Å². The highest BCUT2D eigenvalue weighted by atomic mass is 16.5. The zero-order valence-corrected chi connectivity index (χ0v) is 14.4. The van der Waals surface area contributed by atoms with Crippen molar-refractivity contribution in [2.45, 2.75) is 25.3 Å². The van der Waals surface area contributed by atoms with Gasteiger partial charge in [-0.2, -0.15) is 0 Å². The third-order valence-corrected chi connectivity index (χ3v) is 4.51. The number of ether oxygens (including phenoxy) is 3. The highest BCUT2D eigenvalue weighted by molar-refractivity contribution is 5.95. The van der Waals surface area contributed by atoms with E-state index in [1.807, 2.05) is 4.90 Å². The second kappa shape index (κ2) is 7.74. The number of hydrogen-bond acceptors (Lipinski definition) is 5. The molecule has 3 rings (SSSR count). The quantitative estimate of drug-likeness (QED) is 0.762. The second-order valence-electron chi connectivity index (χ2n) is 6.54. The van der Waals surface area contributed by atoms with Gasteiger partial charge in [0.05, 0.1) is 13.7 Å². The summed E-state index contributed by atoms with van der Waals surface area (Å²) in [5, 5.41) is 0. The average Bonchev–Trinajstić information content (AvgIpc) is 3.32. The monoisotopic (exact) mass is 348 g/mol. The van der Waals surface area contributed by atoms with Crippen LogP contribution < -0.4 is 15.2 Å². The zero-order valence-electron chi connectivity index (χ0n) is 14.4. The Morgan fingerprint density at radius 3 is 2.68 bits per heavy atom. The predicted molar refractivity (Wildman–Crippen MR) is 90.7 cm³/mol. The lowest BCUT2D eigenvalue weighted by atomic mass is 10.1. The summed E-state index contributed by atoms with van der Waals surface area (Å²) >= 11 is 0. The SMILES string of the molecule is COc1cc(C(=O)N(C[C@H]2CCOC2)C2CC2)ccc1OCC(N)=O. The van der Waals surface area contributed by atoms with Crippen LogP contribution in [0, 0.1) is 5.92 Å². The molecule has 1 aliphatic heterocycles. The first kappa shape index (κ1) is 17.5. The van der Waals surface area contributed by atoms with Gasteiger partial charge in [-0.25, -0.2) is 0 Å². The van der Waals surface area contributed by atoms with Crippen molar-refractivity contribution in [3.05, 3.63) is 23.8 Å². The van der Waals surface area contributed by atoms with Gasteiger partial charge in [-0.1, -0.05) is 0 Å². The van der Waals surface area contributed by atoms with Crippen LogP contribution in [-0.2, 0) is 9.53 Å². The average molecular weight is 348 g/mol. The first-order valence-corrected chi connectivity index (χ1v) is 8.56. The van der Waals surface area contributed by atoms with Gasteiger partial charge in [0, 0.05) is 30.7 Å². The van der Waals surface area contributed by atoms with E-state index in [0.29, 0.717) is 29.0 Å². The number of nitrogens with zero attached hydrogens (tertiary/aromatic N) is 1. The first-order chi connectivity index (χ1) is 12.1. The lowest BCUT2D eigenvalue weighted by Crippen LogP contribution is -2.37. The van der Waals surface area contributed by atoms with Gasteiger partial charge in [0.2, 0.25) is 0 Å². The highest BCUT2D eigenvalue weighted by Gasteiger charge is 2.35. The van der Waals surface area contributed by atoms with E-state index in [1.165, 1.54) is 7.11 Å². The second-order valence-corrected chi connectivity index (χ2v) is 6.54. The summed E-state index contributed by atoms with van der Waals surface area (Å²) in [5.41, 5.74) is 5.64. The van der Waals surface area contributed by atoms with E-state index in [2.05, 4.69) is 0 Å². The Bertz CT molecular complexity index is 638. The number of methoxy groups -OCH3 is 1. The summed E-state index contributed by atoms with van der Waals surface area (Å²) in [5.74, 6) is 0.631. The fourth-order valence-corrected chi connectivity index (χ4v) is 3.02. The number of hydrogen-bond donors (Lipinski definition) is 1. The number of amides is 2. The Kier molecular flexibility index (Phi) is 5.43. The smallest absolute Gasteiger partial charge is 0.255 e. The van der Waals surface area contributed by atoms with E-state index < -0.39 is 5.91 Å². The minimum absolute atomic E-state index is 0.00542. The molecule has 7 heteroatoms. The lowest BCUT2D eigenvalue weighted by Gasteiger charge is -2.25. The molecular formula is C18H24N2O5. The van der Waals surface area contributed by atoms with Gasteiger partial charge >= 0.3 is 0 Å². The molecule has 136 valence electrons. The zero-order chi connectivity index (χ0) is 17.8. The number of benzene rings is 1. The van der Waals surface area contributed by atoms with Crippen LogP contribution in [-0.4, -0.2) is 56.2 Å². The summed E-state index contributed by atoms with van der Waals surface area (Å²) in [6, 6.07) is 5.31. The van der Waals surface area contributed by atoms with Crippen LogP contribution in [0.3, 0.4) is 0 Å². The molecule has 0 spiro atoms. The maximum Gasteiger partial charge on any atom is 0.255 e. The maximum absolute atomic E-state index is 13.0. The molecule has 1 aromatic carbocycles. The van der Waals surface area contributed by atoms with Crippen LogP contribution in [0.25, 0.3) is 0 Å². The molecule has 7 nitrogen and oxygen atoms in total. The molecule has 2 fully saturated rings. The topological polar surface area (TPSA) is 91.1 Å². The molecule has 2 N–H and O–H groups in total. The van der Waals surface area contributed by atoms with Crippen LogP contribution in [0.5, 0.6) is 11.5 Å². The molecular weight excluding hydrogens is 324 g/mol. The minimum Gasteiger partial charge on any atom is -0.493 e. The third kappa shape index (κ3) is 4.42. The van der Waals surface area contributed by atoms with Crippen molar-refractivity contribution in [1.29, 1.82) is 0 Å². The number of carbonyl (C=O) groups excluding carboxylic acids is 2. The van der Waals surface area contributed by atoms with Crippen LogP contribution in [0.4, 0.5) is 0 Å². The molecule has 0 radical (unpaired) electrons. The highest BCUT2D eigenvalue weighted by Crippen LogP contribution is 2.33. The summed E-state index contributed by atoms with van der Waals surface area (Å²) in [7, 11) is 1.50. The first-order valence-electron chi connectivity index (χ1n) is 8.56. The molecule has 1 saturated carbocycles. The van der Waals surface area contributed by atoms with E-state index in [0.717, 1.165) is 39.0 Å². The number of rotatable bonds is 8. The Balaban J connectivity index is 1.74. The molecule has 1 aromatic rings. The molecule has 1 saturated heterocycles. The number of carbonyl (C=O) groups is 2. The van der Waals surface area contributed by atoms with Crippen LogP contribution in [0.1, 0.15) is 29.6 Å². The number of primary amides is 1. The van der Waals surface area contributed by atoms with Crippen molar-refractivity contribution in [1.82, 2.24) is 4.90 Å². The van der Waals surface area contributed by atoms with E-state index >= 15 is 0 Å². The third-order valence-electron chi connectivity index (χ3n) is 4.51. The maximum atomic E-state index is 13.0. The minimum atomic E-state index is -0.569. The van der Waals surface area contributed by atoms with Gasteiger partial charge in [-0.15, -0.1) is 0 Å². The summed E-state index contributed by atoms with van der Waals surface area (Å²) in [6.45, 7) is 1.99. The van der Waals surface area contributed by atoms with E-state index in [9.17, 15) is 9.59 Å². The Hall–Kier alpha value is -2.28. The molecule has 2 aliphatic rings.